The Hall–Kier alpha value is -5.68. The van der Waals surface area contributed by atoms with Gasteiger partial charge in [0.15, 0.2) is 18.9 Å². The summed E-state index contributed by atoms with van der Waals surface area (Å²) in [6.45, 7) is 2.00. The zero-order valence-corrected chi connectivity index (χ0v) is 22.0. The van der Waals surface area contributed by atoms with Crippen LogP contribution in [0.5, 0.6) is 0 Å². The Morgan fingerprint density at radius 2 is 0.829 bits per heavy atom. The van der Waals surface area contributed by atoms with Gasteiger partial charge in [-0.15, -0.1) is 0 Å². The Labute approximate surface area is 236 Å². The van der Waals surface area contributed by atoms with Crippen LogP contribution < -0.4 is 5.73 Å². The average Bonchev–Trinajstić information content (AvgIpc) is 3.04. The second-order valence-corrected chi connectivity index (χ2v) is 9.40. The van der Waals surface area contributed by atoms with E-state index in [1.54, 1.807) is 12.1 Å². The molecule has 0 saturated carbocycles. The van der Waals surface area contributed by atoms with E-state index in [9.17, 15) is 14.4 Å². The molecule has 7 aromatic carbocycles. The number of fused-ring (bicyclic) bond motifs is 2. The summed E-state index contributed by atoms with van der Waals surface area (Å²) >= 11 is 0. The van der Waals surface area contributed by atoms with Crippen molar-refractivity contribution >= 4 is 74.4 Å². The fourth-order valence-electron chi connectivity index (χ4n) is 5.58. The van der Waals surface area contributed by atoms with Crippen molar-refractivity contribution in [2.75, 3.05) is 5.73 Å². The molecular formula is C36H25NO4. The number of anilines is 1. The summed E-state index contributed by atoms with van der Waals surface area (Å²) in [5.74, 6) is 0. The quantitative estimate of drug-likeness (QED) is 0.107. The molecule has 7 aromatic rings. The Morgan fingerprint density at radius 1 is 0.439 bits per heavy atom. The molecule has 0 fully saturated rings. The summed E-state index contributed by atoms with van der Waals surface area (Å²) in [6.07, 6.45) is 2.51. The molecule has 0 radical (unpaired) electrons. The smallest absolute Gasteiger partial charge is 0.150 e. The first-order valence-electron chi connectivity index (χ1n) is 12.9. The number of benzene rings is 7. The second kappa shape index (κ2) is 11.6. The van der Waals surface area contributed by atoms with Gasteiger partial charge in [0, 0.05) is 33.2 Å². The maximum absolute atomic E-state index is 12.1. The van der Waals surface area contributed by atoms with Gasteiger partial charge in [-0.3, -0.25) is 14.4 Å². The van der Waals surface area contributed by atoms with Gasteiger partial charge in [-0.05, 0) is 55.6 Å². The second-order valence-electron chi connectivity index (χ2n) is 9.40. The largest absolute Gasteiger partial charge is 0.399 e. The number of nitrogen functional groups attached to an aromatic ring is 1. The van der Waals surface area contributed by atoms with Crippen LogP contribution in [0, 0.1) is 0 Å². The van der Waals surface area contributed by atoms with E-state index >= 15 is 0 Å². The van der Waals surface area contributed by atoms with Gasteiger partial charge in [0.2, 0.25) is 0 Å². The lowest BCUT2D eigenvalue weighted by atomic mass is 9.84. The summed E-state index contributed by atoms with van der Waals surface area (Å²) < 4.78 is 0. The van der Waals surface area contributed by atoms with Gasteiger partial charge < -0.3 is 10.5 Å². The zero-order chi connectivity index (χ0) is 28.9. The topological polar surface area (TPSA) is 94.3 Å². The third-order valence-electron chi connectivity index (χ3n) is 7.26. The van der Waals surface area contributed by atoms with E-state index in [2.05, 4.69) is 12.1 Å². The molecule has 0 heterocycles. The molecular weight excluding hydrogens is 510 g/mol. The SMILES string of the molecule is C=O.Nc1ccccc1.O=Cc1ccc2c3ccc(C=O)c4c(-c5ccccc5)ccc(c5ccc(C=O)c1c25)c43. The molecule has 0 aromatic heterocycles. The van der Waals surface area contributed by atoms with E-state index in [0.29, 0.717) is 22.1 Å². The van der Waals surface area contributed by atoms with Crippen LogP contribution in [0.15, 0.2) is 109 Å². The molecule has 0 bridgehead atoms. The molecule has 0 amide bonds. The molecule has 0 saturated heterocycles. The number of hydrogen-bond acceptors (Lipinski definition) is 5. The maximum atomic E-state index is 12.1. The standard InChI is InChI=1S/C29H16O3.C6H7N.CH2O/c30-14-18-6-9-22-24-11-8-20(16-32)27-21(17-4-2-1-3-5-17)12-13-25(29(24)27)23-10-7-19(15-31)26(18)28(22)23;7-6-4-2-1-3-5-6;1-2/h1-16H;1-5H,7H2;1H2. The summed E-state index contributed by atoms with van der Waals surface area (Å²) in [7, 11) is 0. The first-order chi connectivity index (χ1) is 20.2. The number of carbonyl (C=O) groups is 4. The minimum atomic E-state index is 0.498. The highest BCUT2D eigenvalue weighted by molar-refractivity contribution is 6.37. The molecule has 5 heteroatoms. The minimum Gasteiger partial charge on any atom is -0.399 e. The Morgan fingerprint density at radius 3 is 1.24 bits per heavy atom. The van der Waals surface area contributed by atoms with Crippen LogP contribution >= 0.6 is 0 Å². The van der Waals surface area contributed by atoms with Crippen LogP contribution in [0.2, 0.25) is 0 Å². The van der Waals surface area contributed by atoms with Crippen molar-refractivity contribution < 1.29 is 19.2 Å². The van der Waals surface area contributed by atoms with Crippen molar-refractivity contribution in [2.24, 2.45) is 0 Å². The van der Waals surface area contributed by atoms with Gasteiger partial charge in [-0.25, -0.2) is 0 Å². The van der Waals surface area contributed by atoms with Crippen LogP contribution in [-0.2, 0) is 4.79 Å². The van der Waals surface area contributed by atoms with Gasteiger partial charge >= 0.3 is 0 Å². The van der Waals surface area contributed by atoms with E-state index in [1.165, 1.54) is 0 Å². The molecule has 0 aliphatic rings. The fourth-order valence-corrected chi connectivity index (χ4v) is 5.58. The zero-order valence-electron chi connectivity index (χ0n) is 22.0. The summed E-state index contributed by atoms with van der Waals surface area (Å²) in [5.41, 5.74) is 9.86. The van der Waals surface area contributed by atoms with Crippen LogP contribution in [0.25, 0.3) is 54.2 Å². The molecule has 5 nitrogen and oxygen atoms in total. The van der Waals surface area contributed by atoms with E-state index in [1.807, 2.05) is 91.7 Å². The predicted molar refractivity (Wildman–Crippen MR) is 167 cm³/mol. The third-order valence-corrected chi connectivity index (χ3v) is 7.26. The number of rotatable bonds is 4. The highest BCUT2D eigenvalue weighted by Crippen LogP contribution is 2.45. The van der Waals surface area contributed by atoms with Crippen molar-refractivity contribution in [1.82, 2.24) is 0 Å². The summed E-state index contributed by atoms with van der Waals surface area (Å²) in [4.78, 5) is 43.6. The highest BCUT2D eigenvalue weighted by atomic mass is 16.1. The Kier molecular flexibility index (Phi) is 7.61. The molecule has 0 aliphatic heterocycles. The molecule has 0 atom stereocenters. The van der Waals surface area contributed by atoms with E-state index in [-0.39, 0.29) is 0 Å². The molecule has 0 unspecified atom stereocenters. The van der Waals surface area contributed by atoms with Gasteiger partial charge in [0.1, 0.15) is 6.79 Å². The lowest BCUT2D eigenvalue weighted by Crippen LogP contribution is -1.96. The van der Waals surface area contributed by atoms with Crippen molar-refractivity contribution in [3.05, 3.63) is 126 Å². The first kappa shape index (κ1) is 26.9. The van der Waals surface area contributed by atoms with Crippen LogP contribution in [-0.4, -0.2) is 25.6 Å². The monoisotopic (exact) mass is 535 g/mol. The van der Waals surface area contributed by atoms with Crippen molar-refractivity contribution in [3.8, 4) is 11.1 Å². The van der Waals surface area contributed by atoms with E-state index in [4.69, 9.17) is 10.5 Å². The minimum absolute atomic E-state index is 0.498. The summed E-state index contributed by atoms with van der Waals surface area (Å²) in [5, 5.41) is 7.43. The van der Waals surface area contributed by atoms with Gasteiger partial charge in [0.05, 0.1) is 0 Å². The lowest BCUT2D eigenvalue weighted by Gasteiger charge is -2.19. The number of para-hydroxylation sites is 1. The number of aldehydes is 3. The normalized spacial score (nSPS) is 10.5. The van der Waals surface area contributed by atoms with Gasteiger partial charge in [-0.2, -0.15) is 0 Å². The van der Waals surface area contributed by atoms with Crippen LogP contribution in [0.1, 0.15) is 31.1 Å². The molecule has 198 valence electrons. The first-order valence-corrected chi connectivity index (χ1v) is 12.9. The number of nitrogens with two attached hydrogens (primary N) is 1. The third kappa shape index (κ3) is 4.60. The molecule has 41 heavy (non-hydrogen) atoms. The van der Waals surface area contributed by atoms with Gasteiger partial charge in [-0.1, -0.05) is 97.1 Å². The number of hydrogen-bond donors (Lipinski definition) is 1. The average molecular weight is 536 g/mol. The van der Waals surface area contributed by atoms with E-state index < -0.39 is 0 Å². The fraction of sp³-hybridized carbons (Fsp3) is 0. The van der Waals surface area contributed by atoms with Crippen LogP contribution in [0.3, 0.4) is 0 Å². The van der Waals surface area contributed by atoms with Crippen molar-refractivity contribution in [3.63, 3.8) is 0 Å². The molecule has 0 spiro atoms. The Balaban J connectivity index is 0.000000326. The van der Waals surface area contributed by atoms with Gasteiger partial charge in [0.25, 0.3) is 0 Å². The molecule has 7 rings (SSSR count). The molecule has 0 aliphatic carbocycles. The highest BCUT2D eigenvalue weighted by Gasteiger charge is 2.19. The predicted octanol–water partition coefficient (Wildman–Crippen LogP) is 7.93. The molecule has 2 N–H and O–H groups in total. The van der Waals surface area contributed by atoms with E-state index in [0.717, 1.165) is 73.4 Å². The Bertz CT molecular complexity index is 1970. The van der Waals surface area contributed by atoms with Crippen LogP contribution in [0.4, 0.5) is 5.69 Å². The number of carbonyl (C=O) groups excluding carboxylic acids is 4. The summed E-state index contributed by atoms with van der Waals surface area (Å²) in [6, 6.07) is 34.9. The van der Waals surface area contributed by atoms with Crippen molar-refractivity contribution in [1.29, 1.82) is 0 Å². The van der Waals surface area contributed by atoms with Crippen molar-refractivity contribution in [2.45, 2.75) is 0 Å². The lowest BCUT2D eigenvalue weighted by molar-refractivity contribution is -0.0980. The maximum Gasteiger partial charge on any atom is 0.150 e.